The molecule has 0 saturated carbocycles. The number of phenolic OH excluding ortho intramolecular Hbond substituents is 1. The number of nitrogens with one attached hydrogen (secondary N) is 1. The molecule has 170 valence electrons. The van der Waals surface area contributed by atoms with Crippen molar-refractivity contribution in [2.75, 3.05) is 25.7 Å². The van der Waals surface area contributed by atoms with Crippen molar-refractivity contribution >= 4 is 44.8 Å². The summed E-state index contributed by atoms with van der Waals surface area (Å²) in [6.45, 7) is 7.25. The smallest absolute Gasteiger partial charge is 0.261 e. The first-order valence-corrected chi connectivity index (χ1v) is 12.3. The Hall–Kier alpha value is -3.55. The summed E-state index contributed by atoms with van der Waals surface area (Å²) in [6.07, 6.45) is 2.47. The Kier molecular flexibility index (Phi) is 7.58. The van der Waals surface area contributed by atoms with Crippen LogP contribution in [0.2, 0.25) is 0 Å². The fraction of sp³-hybridized carbons (Fsp3) is 0.217. The lowest BCUT2D eigenvalue weighted by Crippen LogP contribution is -2.23. The van der Waals surface area contributed by atoms with Gasteiger partial charge in [-0.2, -0.15) is 0 Å². The molecule has 0 radical (unpaired) electrons. The molecule has 0 aliphatic heterocycles. The van der Waals surface area contributed by atoms with Gasteiger partial charge >= 0.3 is 0 Å². The van der Waals surface area contributed by atoms with E-state index in [9.17, 15) is 18.9 Å². The normalized spacial score (nSPS) is 11.5. The number of aromatic hydroxyl groups is 1. The Morgan fingerprint density at radius 1 is 1.18 bits per heavy atom. The fourth-order valence-electron chi connectivity index (χ4n) is 3.12. The van der Waals surface area contributed by atoms with Gasteiger partial charge in [0.25, 0.3) is 11.8 Å². The van der Waals surface area contributed by atoms with Crippen LogP contribution in [0.4, 0.5) is 10.8 Å². The summed E-state index contributed by atoms with van der Waals surface area (Å²) >= 11 is 1.15. The molecule has 1 heterocycles. The van der Waals surface area contributed by atoms with Crippen LogP contribution in [-0.2, 0) is 23.6 Å². The highest BCUT2D eigenvalue weighted by atomic mass is 32.2. The van der Waals surface area contributed by atoms with E-state index in [0.717, 1.165) is 22.5 Å². The highest BCUT2D eigenvalue weighted by Gasteiger charge is 2.17. The number of amides is 2. The molecule has 2 N–H and O–H groups in total. The number of benzene rings is 2. The van der Waals surface area contributed by atoms with Crippen molar-refractivity contribution in [1.29, 1.82) is 0 Å². The van der Waals surface area contributed by atoms with E-state index in [1.807, 2.05) is 0 Å². The van der Waals surface area contributed by atoms with Crippen LogP contribution in [0.3, 0.4) is 0 Å². The molecule has 2 amide bonds. The van der Waals surface area contributed by atoms with E-state index in [0.29, 0.717) is 29.1 Å². The van der Waals surface area contributed by atoms with Gasteiger partial charge in [0.05, 0.1) is 22.9 Å². The first-order valence-electron chi connectivity index (χ1n) is 9.84. The maximum Gasteiger partial charge on any atom is 0.261 e. The highest BCUT2D eigenvalue weighted by molar-refractivity contribution is 7.84. The molecule has 0 saturated heterocycles. The Morgan fingerprint density at radius 3 is 2.58 bits per heavy atom. The molecule has 0 fully saturated rings. The van der Waals surface area contributed by atoms with E-state index in [1.165, 1.54) is 17.2 Å². The number of phenols is 1. The molecule has 1 unspecified atom stereocenters. The lowest BCUT2D eigenvalue weighted by molar-refractivity contribution is 0.0826. The Labute approximate surface area is 198 Å². The standard InChI is InChI=1S/C23H22N4O4S2/c1-24-16-8-9-17(22(30)27(2)3)15(12-16)7-5-14-6-10-19(28)18(11-14)21(29)26-23-25-20(13-32-23)33(4)31/h6,8-13,28H,5,7H2,2-4H3,(H,25,26,29). The van der Waals surface area contributed by atoms with Gasteiger partial charge in [-0.15, -0.1) is 11.3 Å². The van der Waals surface area contributed by atoms with Gasteiger partial charge in [-0.25, -0.2) is 9.83 Å². The lowest BCUT2D eigenvalue weighted by atomic mass is 9.97. The maximum atomic E-state index is 12.7. The van der Waals surface area contributed by atoms with Gasteiger partial charge in [0.1, 0.15) is 10.8 Å². The van der Waals surface area contributed by atoms with Gasteiger partial charge in [-0.1, -0.05) is 24.3 Å². The number of nitrogens with zero attached hydrogens (tertiary/aromatic N) is 3. The van der Waals surface area contributed by atoms with Crippen LogP contribution in [0.5, 0.6) is 5.75 Å². The third-order valence-corrected chi connectivity index (χ3v) is 6.55. The summed E-state index contributed by atoms with van der Waals surface area (Å²) in [5.74, 6) is -0.857. The van der Waals surface area contributed by atoms with Crippen LogP contribution < -0.4 is 5.32 Å². The zero-order valence-electron chi connectivity index (χ0n) is 18.3. The van der Waals surface area contributed by atoms with E-state index in [1.54, 1.807) is 49.8 Å². The Balaban J connectivity index is 1.80. The minimum atomic E-state index is -1.25. The Bertz CT molecular complexity index is 1280. The van der Waals surface area contributed by atoms with Crippen LogP contribution in [0.25, 0.3) is 4.85 Å². The summed E-state index contributed by atoms with van der Waals surface area (Å²) in [5.41, 5.74) is 2.58. The molecule has 10 heteroatoms. The first-order chi connectivity index (χ1) is 15.7. The molecule has 8 nitrogen and oxygen atoms in total. The van der Waals surface area contributed by atoms with Crippen molar-refractivity contribution in [3.63, 3.8) is 0 Å². The van der Waals surface area contributed by atoms with Crippen molar-refractivity contribution in [2.45, 2.75) is 17.9 Å². The molecule has 0 aliphatic rings. The third kappa shape index (κ3) is 5.83. The molecule has 0 spiro atoms. The van der Waals surface area contributed by atoms with Crippen molar-refractivity contribution < 1.29 is 18.9 Å². The summed E-state index contributed by atoms with van der Waals surface area (Å²) in [4.78, 5) is 34.2. The molecule has 1 aromatic heterocycles. The van der Waals surface area contributed by atoms with E-state index >= 15 is 0 Å². The largest absolute Gasteiger partial charge is 0.507 e. The van der Waals surface area contributed by atoms with Gasteiger partial charge in [-0.3, -0.25) is 19.1 Å². The third-order valence-electron chi connectivity index (χ3n) is 4.84. The van der Waals surface area contributed by atoms with Crippen molar-refractivity contribution in [3.8, 4) is 5.75 Å². The summed E-state index contributed by atoms with van der Waals surface area (Å²) in [5, 5.41) is 15.1. The van der Waals surface area contributed by atoms with Crippen molar-refractivity contribution in [2.24, 2.45) is 0 Å². The van der Waals surface area contributed by atoms with Gasteiger partial charge < -0.3 is 10.0 Å². The van der Waals surface area contributed by atoms with Crippen LogP contribution in [0.1, 0.15) is 31.8 Å². The number of rotatable bonds is 7. The second-order valence-electron chi connectivity index (χ2n) is 7.40. The van der Waals surface area contributed by atoms with Crippen LogP contribution in [0, 0.1) is 6.57 Å². The monoisotopic (exact) mass is 482 g/mol. The SMILES string of the molecule is [C-]#[N+]c1ccc(C(=O)N(C)C)c(CCc2ccc(O)c(C(=O)Nc3nc(S(C)=O)cs3)c2)c1. The fourth-order valence-corrected chi connectivity index (χ4v) is 4.65. The Morgan fingerprint density at radius 2 is 1.94 bits per heavy atom. The van der Waals surface area contributed by atoms with E-state index in [-0.39, 0.29) is 22.4 Å². The number of hydrogen-bond acceptors (Lipinski definition) is 6. The quantitative estimate of drug-likeness (QED) is 0.498. The average Bonchev–Trinajstić information content (AvgIpc) is 3.26. The average molecular weight is 483 g/mol. The highest BCUT2D eigenvalue weighted by Crippen LogP contribution is 2.25. The minimum absolute atomic E-state index is 0.0846. The van der Waals surface area contributed by atoms with Crippen LogP contribution in [-0.4, -0.2) is 51.4 Å². The van der Waals surface area contributed by atoms with Crippen molar-refractivity contribution in [3.05, 3.63) is 75.4 Å². The second kappa shape index (κ2) is 10.4. The van der Waals surface area contributed by atoms with E-state index < -0.39 is 16.7 Å². The summed E-state index contributed by atoms with van der Waals surface area (Å²) in [6, 6.07) is 9.72. The van der Waals surface area contributed by atoms with Crippen LogP contribution >= 0.6 is 11.3 Å². The maximum absolute atomic E-state index is 12.7. The zero-order valence-corrected chi connectivity index (χ0v) is 19.9. The lowest BCUT2D eigenvalue weighted by Gasteiger charge is -2.15. The number of aromatic nitrogens is 1. The molecule has 2 aromatic carbocycles. The summed E-state index contributed by atoms with van der Waals surface area (Å²) in [7, 11) is 2.09. The second-order valence-corrected chi connectivity index (χ2v) is 9.59. The number of carbonyl (C=O) groups excluding carboxylic acids is 2. The van der Waals surface area contributed by atoms with E-state index in [2.05, 4.69) is 15.1 Å². The van der Waals surface area contributed by atoms with Crippen LogP contribution in [0.15, 0.2) is 46.8 Å². The number of carbonyl (C=O) groups is 2. The zero-order chi connectivity index (χ0) is 24.1. The topological polar surface area (TPSA) is 104 Å². The van der Waals surface area contributed by atoms with Gasteiger partial charge in [-0.05, 0) is 36.1 Å². The molecule has 0 bridgehead atoms. The molecular formula is C23H22N4O4S2. The molecule has 3 aromatic rings. The van der Waals surface area contributed by atoms with Gasteiger partial charge in [0, 0.05) is 31.3 Å². The number of hydrogen-bond donors (Lipinski definition) is 2. The molecule has 0 aliphatic carbocycles. The molecule has 3 rings (SSSR count). The minimum Gasteiger partial charge on any atom is -0.507 e. The molecule has 33 heavy (non-hydrogen) atoms. The molecule has 1 atom stereocenters. The summed E-state index contributed by atoms with van der Waals surface area (Å²) < 4.78 is 11.5. The predicted octanol–water partition coefficient (Wildman–Crippen LogP) is 3.88. The van der Waals surface area contributed by atoms with Gasteiger partial charge in [0.2, 0.25) is 0 Å². The molecular weight excluding hydrogens is 460 g/mol. The van der Waals surface area contributed by atoms with Gasteiger partial charge in [0.15, 0.2) is 10.8 Å². The number of anilines is 1. The predicted molar refractivity (Wildman–Crippen MR) is 129 cm³/mol. The number of aryl methyl sites for hydroxylation is 2. The van der Waals surface area contributed by atoms with Crippen molar-refractivity contribution in [1.82, 2.24) is 9.88 Å². The first kappa shape index (κ1) is 24.1. The van der Waals surface area contributed by atoms with E-state index in [4.69, 9.17) is 6.57 Å². The number of thiazole rings is 1.